The SMILES string of the molecule is C[Si](C)(C)C1C(F)=C(F)C(O[B]O)(c2c(F)c(F)c(F)c(F)c2F)C(F)(c2c(F)c(F)c(F)c(F)c2F)C1(F)c1c(F)c(F)c(F)c(F)c1F. The average Bonchev–Trinajstić information content (AvgIpc) is 3.04. The Morgan fingerprint density at radius 1 is 0.480 bits per heavy atom. The highest BCUT2D eigenvalue weighted by molar-refractivity contribution is 6.78. The summed E-state index contributed by atoms with van der Waals surface area (Å²) in [5.74, 6) is -59.3. The molecule has 0 saturated carbocycles. The van der Waals surface area contributed by atoms with Crippen molar-refractivity contribution in [1.29, 1.82) is 0 Å². The van der Waals surface area contributed by atoms with Crippen LogP contribution < -0.4 is 0 Å². The molecule has 0 aromatic heterocycles. The molecule has 23 heteroatoms. The lowest BCUT2D eigenvalue weighted by Gasteiger charge is -2.58. The summed E-state index contributed by atoms with van der Waals surface area (Å²) in [6, 6.07) is 0. The van der Waals surface area contributed by atoms with Crippen molar-refractivity contribution >= 4 is 15.8 Å². The standard InChI is InChI=1S/C27H11BF19O2Si/c1-50(2,3)24-22(44)23(45)26(49-28-48,5-9(31)15(37)20(42)16(38)10(5)32)27(47,6-11(33)17(39)21(43)18(40)12(6)34)25(24,46)4-7(29)13(35)19(41)14(36)8(4)30/h24,48H,1-3H3. The van der Waals surface area contributed by atoms with Crippen molar-refractivity contribution in [3.05, 3.63) is 116 Å². The van der Waals surface area contributed by atoms with E-state index in [1.165, 1.54) is 0 Å². The highest BCUT2D eigenvalue weighted by Gasteiger charge is 2.82. The minimum atomic E-state index is -6.73. The van der Waals surface area contributed by atoms with Crippen LogP contribution in [0.25, 0.3) is 0 Å². The number of benzene rings is 3. The van der Waals surface area contributed by atoms with E-state index in [4.69, 9.17) is 0 Å². The maximum absolute atomic E-state index is 18.6. The van der Waals surface area contributed by atoms with Gasteiger partial charge in [0.15, 0.2) is 86.9 Å². The van der Waals surface area contributed by atoms with Crippen LogP contribution in [0.2, 0.25) is 25.2 Å². The molecule has 4 unspecified atom stereocenters. The largest absolute Gasteiger partial charge is 0.486 e. The van der Waals surface area contributed by atoms with Crippen molar-refractivity contribution in [2.75, 3.05) is 0 Å². The summed E-state index contributed by atoms with van der Waals surface area (Å²) < 4.78 is 297. The predicted octanol–water partition coefficient (Wildman–Crippen LogP) is 9.11. The number of allylic oxidation sites excluding steroid dienone is 1. The van der Waals surface area contributed by atoms with E-state index in [1.54, 1.807) is 0 Å². The van der Waals surface area contributed by atoms with Crippen LogP contribution in [0.1, 0.15) is 16.7 Å². The zero-order valence-corrected chi connectivity index (χ0v) is 25.2. The minimum absolute atomic E-state index is 0.536. The molecule has 0 fully saturated rings. The van der Waals surface area contributed by atoms with Gasteiger partial charge in [-0.1, -0.05) is 19.6 Å². The van der Waals surface area contributed by atoms with Crippen LogP contribution in [0, 0.1) is 87.3 Å². The molecule has 1 radical (unpaired) electrons. The van der Waals surface area contributed by atoms with Gasteiger partial charge in [0.05, 0.1) is 24.8 Å². The van der Waals surface area contributed by atoms with E-state index in [0.29, 0.717) is 19.6 Å². The Balaban J connectivity index is 2.63. The van der Waals surface area contributed by atoms with Crippen LogP contribution >= 0.6 is 0 Å². The summed E-state index contributed by atoms with van der Waals surface area (Å²) >= 11 is 0. The molecule has 4 rings (SSSR count). The van der Waals surface area contributed by atoms with E-state index in [9.17, 15) is 44.5 Å². The highest BCUT2D eigenvalue weighted by atomic mass is 28.3. The lowest BCUT2D eigenvalue weighted by molar-refractivity contribution is -0.199. The van der Waals surface area contributed by atoms with Gasteiger partial charge in [-0.05, 0) is 0 Å². The van der Waals surface area contributed by atoms with Crippen LogP contribution in [0.5, 0.6) is 0 Å². The Morgan fingerprint density at radius 3 is 1.06 bits per heavy atom. The third kappa shape index (κ3) is 4.60. The first-order valence-electron chi connectivity index (χ1n) is 12.9. The van der Waals surface area contributed by atoms with E-state index >= 15 is 43.9 Å². The molecule has 271 valence electrons. The van der Waals surface area contributed by atoms with Crippen LogP contribution in [0.15, 0.2) is 11.7 Å². The predicted molar refractivity (Wildman–Crippen MR) is 131 cm³/mol. The molecule has 3 aromatic carbocycles. The summed E-state index contributed by atoms with van der Waals surface area (Å²) in [5.41, 5.74) is -33.8. The van der Waals surface area contributed by atoms with Crippen molar-refractivity contribution in [2.24, 2.45) is 0 Å². The van der Waals surface area contributed by atoms with Gasteiger partial charge in [0.1, 0.15) is 5.83 Å². The van der Waals surface area contributed by atoms with Gasteiger partial charge in [0, 0.05) is 5.54 Å². The lowest BCUT2D eigenvalue weighted by Crippen LogP contribution is -2.68. The van der Waals surface area contributed by atoms with Crippen molar-refractivity contribution < 1.29 is 93.1 Å². The Kier molecular flexibility index (Phi) is 9.53. The summed E-state index contributed by atoms with van der Waals surface area (Å²) in [4.78, 5) is 0. The molecule has 0 aliphatic heterocycles. The van der Waals surface area contributed by atoms with Gasteiger partial charge < -0.3 is 9.68 Å². The van der Waals surface area contributed by atoms with Crippen LogP contribution in [0.4, 0.5) is 83.4 Å². The third-order valence-electron chi connectivity index (χ3n) is 7.94. The molecule has 4 atom stereocenters. The van der Waals surface area contributed by atoms with Gasteiger partial charge in [-0.15, -0.1) is 0 Å². The summed E-state index contributed by atoms with van der Waals surface area (Å²) in [5, 5.41) is 9.44. The first-order valence-corrected chi connectivity index (χ1v) is 16.5. The first kappa shape index (κ1) is 39.1. The number of hydrogen-bond donors (Lipinski definition) is 1. The molecule has 0 bridgehead atoms. The topological polar surface area (TPSA) is 29.5 Å². The number of halogens is 19. The Labute approximate surface area is 267 Å². The van der Waals surface area contributed by atoms with Crippen molar-refractivity contribution in [3.8, 4) is 0 Å². The van der Waals surface area contributed by atoms with Gasteiger partial charge in [-0.3, -0.25) is 0 Å². The van der Waals surface area contributed by atoms with Gasteiger partial charge in [-0.25, -0.2) is 83.4 Å². The highest BCUT2D eigenvalue weighted by Crippen LogP contribution is 2.73. The number of hydrogen-bond acceptors (Lipinski definition) is 2. The van der Waals surface area contributed by atoms with E-state index in [0.717, 1.165) is 0 Å². The molecule has 0 heterocycles. The fourth-order valence-electron chi connectivity index (χ4n) is 6.03. The second kappa shape index (κ2) is 12.2. The third-order valence-corrected chi connectivity index (χ3v) is 10.3. The normalized spacial score (nSPS) is 24.3. The average molecular weight is 767 g/mol. The quantitative estimate of drug-likeness (QED) is 0.118. The fourth-order valence-corrected chi connectivity index (χ4v) is 8.45. The van der Waals surface area contributed by atoms with E-state index < -0.39 is 154 Å². The van der Waals surface area contributed by atoms with Gasteiger partial charge in [-0.2, -0.15) is 0 Å². The second-order valence-electron chi connectivity index (χ2n) is 11.6. The van der Waals surface area contributed by atoms with E-state index in [2.05, 4.69) is 4.65 Å². The molecule has 0 spiro atoms. The maximum atomic E-state index is 18.6. The molecular weight excluding hydrogens is 756 g/mol. The minimum Gasteiger partial charge on any atom is -0.429 e. The van der Waals surface area contributed by atoms with Crippen molar-refractivity contribution in [3.63, 3.8) is 0 Å². The monoisotopic (exact) mass is 767 g/mol. The second-order valence-corrected chi connectivity index (χ2v) is 16.9. The zero-order valence-electron chi connectivity index (χ0n) is 24.2. The van der Waals surface area contributed by atoms with Crippen LogP contribution in [0.3, 0.4) is 0 Å². The van der Waals surface area contributed by atoms with Gasteiger partial charge in [0.25, 0.3) is 0 Å². The summed E-state index contributed by atoms with van der Waals surface area (Å²) in [6.45, 7) is 1.61. The smallest absolute Gasteiger partial charge is 0.429 e. The van der Waals surface area contributed by atoms with Crippen molar-refractivity contribution in [1.82, 2.24) is 0 Å². The number of alkyl halides is 2. The molecule has 1 N–H and O–H groups in total. The van der Waals surface area contributed by atoms with E-state index in [-0.39, 0.29) is 0 Å². The van der Waals surface area contributed by atoms with Crippen molar-refractivity contribution in [2.45, 2.75) is 42.1 Å². The molecular formula is C27H11BF19O2Si. The Morgan fingerprint density at radius 2 is 0.760 bits per heavy atom. The van der Waals surface area contributed by atoms with Crippen LogP contribution in [-0.4, -0.2) is 20.8 Å². The van der Waals surface area contributed by atoms with Gasteiger partial charge in [0.2, 0.25) is 23.1 Å². The summed E-state index contributed by atoms with van der Waals surface area (Å²) in [6.07, 6.45) is 0. The maximum Gasteiger partial charge on any atom is 0.486 e. The molecule has 0 amide bonds. The summed E-state index contributed by atoms with van der Waals surface area (Å²) in [7, 11) is -6.16. The molecule has 2 nitrogen and oxygen atoms in total. The Bertz CT molecular complexity index is 1910. The molecule has 3 aromatic rings. The van der Waals surface area contributed by atoms with E-state index in [1.807, 2.05) is 0 Å². The van der Waals surface area contributed by atoms with Gasteiger partial charge >= 0.3 is 7.69 Å². The fraction of sp³-hybridized carbons (Fsp3) is 0.259. The molecule has 50 heavy (non-hydrogen) atoms. The molecule has 0 saturated heterocycles. The number of rotatable bonds is 6. The lowest BCUT2D eigenvalue weighted by atomic mass is 9.58. The van der Waals surface area contributed by atoms with Crippen LogP contribution in [-0.2, 0) is 21.6 Å². The zero-order chi connectivity index (χ0) is 38.5. The molecule has 1 aliphatic rings. The first-order chi connectivity index (χ1) is 22.8. The Hall–Kier alpha value is -3.73. The molecule has 1 aliphatic carbocycles.